The molecule has 0 bridgehead atoms. The summed E-state index contributed by atoms with van der Waals surface area (Å²) < 4.78 is 5.38. The Hall–Kier alpha value is -0.380. The maximum atomic E-state index is 10.4. The van der Waals surface area contributed by atoms with E-state index in [4.69, 9.17) is 4.74 Å². The summed E-state index contributed by atoms with van der Waals surface area (Å²) in [6.07, 6.45) is 2.38. The second kappa shape index (κ2) is 6.53. The smallest absolute Gasteiger partial charge is 0.0724 e. The van der Waals surface area contributed by atoms with E-state index in [0.29, 0.717) is 0 Å². The lowest BCUT2D eigenvalue weighted by molar-refractivity contribution is -0.0738. The van der Waals surface area contributed by atoms with Gasteiger partial charge in [-0.05, 0) is 33.1 Å². The molecule has 17 heavy (non-hydrogen) atoms. The summed E-state index contributed by atoms with van der Waals surface area (Å²) in [4.78, 5) is 2.37. The minimum atomic E-state index is -0.290. The van der Waals surface area contributed by atoms with E-state index in [9.17, 15) is 5.11 Å². The minimum Gasteiger partial charge on any atom is -0.391 e. The molecule has 0 spiro atoms. The van der Waals surface area contributed by atoms with Crippen molar-refractivity contribution in [1.82, 2.24) is 4.90 Å². The summed E-state index contributed by atoms with van der Waals surface area (Å²) in [7, 11) is 0. The van der Waals surface area contributed by atoms with Crippen molar-refractivity contribution < 1.29 is 9.84 Å². The highest BCUT2D eigenvalue weighted by atomic mass is 16.5. The van der Waals surface area contributed by atoms with Crippen LogP contribution >= 0.6 is 0 Å². The van der Waals surface area contributed by atoms with Crippen LogP contribution in [0, 0.1) is 0 Å². The zero-order valence-electron chi connectivity index (χ0n) is 11.5. The summed E-state index contributed by atoms with van der Waals surface area (Å²) in [5.41, 5.74) is 1.02. The van der Waals surface area contributed by atoms with E-state index in [-0.39, 0.29) is 11.6 Å². The number of morpholine rings is 1. The SMILES string of the molecule is C=C(C)CCC(O)C(C)(CC)N1CCOCC1. The van der Waals surface area contributed by atoms with Crippen LogP contribution in [0.2, 0.25) is 0 Å². The zero-order chi connectivity index (χ0) is 12.9. The molecule has 1 aliphatic rings. The monoisotopic (exact) mass is 241 g/mol. The molecule has 0 amide bonds. The molecule has 3 nitrogen and oxygen atoms in total. The van der Waals surface area contributed by atoms with Gasteiger partial charge in [0.2, 0.25) is 0 Å². The number of rotatable bonds is 6. The Morgan fingerprint density at radius 2 is 2.06 bits per heavy atom. The van der Waals surface area contributed by atoms with Crippen LogP contribution in [0.15, 0.2) is 12.2 Å². The number of ether oxygens (including phenoxy) is 1. The van der Waals surface area contributed by atoms with E-state index in [1.807, 2.05) is 6.92 Å². The van der Waals surface area contributed by atoms with Crippen LogP contribution in [-0.4, -0.2) is 48.0 Å². The maximum Gasteiger partial charge on any atom is 0.0724 e. The lowest BCUT2D eigenvalue weighted by Crippen LogP contribution is -2.57. The standard InChI is InChI=1S/C14H27NO2/c1-5-14(4,13(16)7-6-12(2)3)15-8-10-17-11-9-15/h13,16H,2,5-11H2,1,3-4H3. The molecule has 2 atom stereocenters. The van der Waals surface area contributed by atoms with E-state index >= 15 is 0 Å². The summed E-state index contributed by atoms with van der Waals surface area (Å²) in [5.74, 6) is 0. The van der Waals surface area contributed by atoms with Crippen molar-refractivity contribution in [1.29, 1.82) is 0 Å². The fourth-order valence-electron chi connectivity index (χ4n) is 2.44. The first-order valence-electron chi connectivity index (χ1n) is 6.66. The average Bonchev–Trinajstić information content (AvgIpc) is 2.35. The normalized spacial score (nSPS) is 23.1. The second-order valence-electron chi connectivity index (χ2n) is 5.32. The van der Waals surface area contributed by atoms with Gasteiger partial charge in [-0.25, -0.2) is 0 Å². The summed E-state index contributed by atoms with van der Waals surface area (Å²) in [6, 6.07) is 0. The molecule has 0 saturated carbocycles. The van der Waals surface area contributed by atoms with E-state index in [1.54, 1.807) is 0 Å². The van der Waals surface area contributed by atoms with Crippen molar-refractivity contribution in [2.24, 2.45) is 0 Å². The molecule has 0 aromatic rings. The highest BCUT2D eigenvalue weighted by molar-refractivity contribution is 4.96. The third-order valence-corrected chi connectivity index (χ3v) is 4.01. The summed E-state index contributed by atoms with van der Waals surface area (Å²) in [5, 5.41) is 10.4. The first kappa shape index (κ1) is 14.7. The highest BCUT2D eigenvalue weighted by Gasteiger charge is 2.37. The van der Waals surface area contributed by atoms with Crippen molar-refractivity contribution in [3.63, 3.8) is 0 Å². The van der Waals surface area contributed by atoms with Gasteiger partial charge in [0.05, 0.1) is 19.3 Å². The molecular weight excluding hydrogens is 214 g/mol. The van der Waals surface area contributed by atoms with Gasteiger partial charge in [-0.1, -0.05) is 12.5 Å². The third kappa shape index (κ3) is 3.80. The lowest BCUT2D eigenvalue weighted by atomic mass is 9.86. The number of hydrogen-bond donors (Lipinski definition) is 1. The Morgan fingerprint density at radius 3 is 2.53 bits per heavy atom. The van der Waals surface area contributed by atoms with Crippen LogP contribution in [-0.2, 0) is 4.74 Å². The van der Waals surface area contributed by atoms with Gasteiger partial charge in [0.1, 0.15) is 0 Å². The lowest BCUT2D eigenvalue weighted by Gasteiger charge is -2.46. The van der Waals surface area contributed by atoms with Crippen molar-refractivity contribution in [2.45, 2.75) is 51.7 Å². The zero-order valence-corrected chi connectivity index (χ0v) is 11.5. The molecule has 0 aliphatic carbocycles. The second-order valence-corrected chi connectivity index (χ2v) is 5.32. The molecule has 2 unspecified atom stereocenters. The number of nitrogens with zero attached hydrogens (tertiary/aromatic N) is 1. The van der Waals surface area contributed by atoms with Gasteiger partial charge >= 0.3 is 0 Å². The molecule has 1 heterocycles. The van der Waals surface area contributed by atoms with Crippen molar-refractivity contribution >= 4 is 0 Å². The van der Waals surface area contributed by atoms with Gasteiger partial charge in [-0.3, -0.25) is 4.90 Å². The van der Waals surface area contributed by atoms with Crippen LogP contribution in [0.3, 0.4) is 0 Å². The van der Waals surface area contributed by atoms with Gasteiger partial charge in [0, 0.05) is 18.6 Å². The van der Waals surface area contributed by atoms with Crippen LogP contribution < -0.4 is 0 Å². The summed E-state index contributed by atoms with van der Waals surface area (Å²) in [6.45, 7) is 13.7. The van der Waals surface area contributed by atoms with Crippen molar-refractivity contribution in [3.8, 4) is 0 Å². The van der Waals surface area contributed by atoms with Crippen molar-refractivity contribution in [2.75, 3.05) is 26.3 Å². The Bertz CT molecular complexity index is 249. The van der Waals surface area contributed by atoms with Gasteiger partial charge in [-0.2, -0.15) is 0 Å². The number of aliphatic hydroxyl groups excluding tert-OH is 1. The molecule has 3 heteroatoms. The van der Waals surface area contributed by atoms with E-state index in [1.165, 1.54) is 0 Å². The van der Waals surface area contributed by atoms with Crippen LogP contribution in [0.4, 0.5) is 0 Å². The number of allylic oxidation sites excluding steroid dienone is 1. The third-order valence-electron chi connectivity index (χ3n) is 4.01. The van der Waals surface area contributed by atoms with Gasteiger partial charge in [0.15, 0.2) is 0 Å². The molecule has 1 saturated heterocycles. The maximum absolute atomic E-state index is 10.4. The molecule has 100 valence electrons. The van der Waals surface area contributed by atoms with Crippen LogP contribution in [0.25, 0.3) is 0 Å². The number of aliphatic hydroxyl groups is 1. The largest absolute Gasteiger partial charge is 0.391 e. The van der Waals surface area contributed by atoms with Gasteiger partial charge in [0.25, 0.3) is 0 Å². The van der Waals surface area contributed by atoms with Gasteiger partial charge < -0.3 is 9.84 Å². The Labute approximate surface area is 105 Å². The first-order valence-corrected chi connectivity index (χ1v) is 6.66. The fourth-order valence-corrected chi connectivity index (χ4v) is 2.44. The molecule has 1 aliphatic heterocycles. The molecule has 1 fully saturated rings. The number of hydrogen-bond acceptors (Lipinski definition) is 3. The average molecular weight is 241 g/mol. The Morgan fingerprint density at radius 1 is 1.47 bits per heavy atom. The quantitative estimate of drug-likeness (QED) is 0.724. The molecule has 0 aromatic heterocycles. The summed E-state index contributed by atoms with van der Waals surface area (Å²) >= 11 is 0. The first-order chi connectivity index (χ1) is 8.00. The fraction of sp³-hybridized carbons (Fsp3) is 0.857. The topological polar surface area (TPSA) is 32.7 Å². The molecule has 0 radical (unpaired) electrons. The highest BCUT2D eigenvalue weighted by Crippen LogP contribution is 2.28. The molecule has 1 N–H and O–H groups in total. The Balaban J connectivity index is 2.61. The van der Waals surface area contributed by atoms with Gasteiger partial charge in [-0.15, -0.1) is 6.58 Å². The van der Waals surface area contributed by atoms with E-state index in [2.05, 4.69) is 25.3 Å². The predicted octanol–water partition coefficient (Wildman–Crippen LogP) is 2.20. The molecule has 1 rings (SSSR count). The molecular formula is C14H27NO2. The Kier molecular flexibility index (Phi) is 5.63. The van der Waals surface area contributed by atoms with E-state index < -0.39 is 0 Å². The van der Waals surface area contributed by atoms with Crippen LogP contribution in [0.5, 0.6) is 0 Å². The van der Waals surface area contributed by atoms with Crippen molar-refractivity contribution in [3.05, 3.63) is 12.2 Å². The van der Waals surface area contributed by atoms with Crippen LogP contribution in [0.1, 0.15) is 40.0 Å². The minimum absolute atomic E-state index is 0.126. The molecule has 0 aromatic carbocycles. The predicted molar refractivity (Wildman–Crippen MR) is 71.1 cm³/mol. The van der Waals surface area contributed by atoms with E-state index in [0.717, 1.165) is 51.1 Å².